The van der Waals surface area contributed by atoms with E-state index in [-0.39, 0.29) is 54.5 Å². The predicted molar refractivity (Wildman–Crippen MR) is 138 cm³/mol. The van der Waals surface area contributed by atoms with Crippen molar-refractivity contribution >= 4 is 22.4 Å². The summed E-state index contributed by atoms with van der Waals surface area (Å²) in [6.45, 7) is 1.85. The zero-order chi connectivity index (χ0) is 31.9. The summed E-state index contributed by atoms with van der Waals surface area (Å²) in [6, 6.07) is 7.67. The third-order valence-corrected chi connectivity index (χ3v) is 7.90. The highest BCUT2D eigenvalue weighted by Crippen LogP contribution is 2.41. The summed E-state index contributed by atoms with van der Waals surface area (Å²) < 4.78 is 107. The molecule has 0 saturated carbocycles. The summed E-state index contributed by atoms with van der Waals surface area (Å²) in [6.07, 6.45) is -8.95. The fourth-order valence-corrected chi connectivity index (χ4v) is 5.32. The molecular formula is C24H22F6N7O6S+. The first-order valence-corrected chi connectivity index (χ1v) is 14.4. The lowest BCUT2D eigenvalue weighted by Gasteiger charge is -2.38. The minimum atomic E-state index is -5.24. The molecule has 44 heavy (non-hydrogen) atoms. The Hall–Kier alpha value is -4.43. The van der Waals surface area contributed by atoms with Crippen LogP contribution in [0.5, 0.6) is 5.75 Å². The van der Waals surface area contributed by atoms with E-state index in [1.54, 1.807) is 11.8 Å². The number of hydrogen-bond acceptors (Lipinski definition) is 11. The van der Waals surface area contributed by atoms with Crippen molar-refractivity contribution in [1.82, 2.24) is 24.9 Å². The number of aryl methyl sites for hydroxylation is 1. The zero-order valence-corrected chi connectivity index (χ0v) is 23.2. The van der Waals surface area contributed by atoms with Gasteiger partial charge in [-0.15, -0.1) is 18.3 Å². The van der Waals surface area contributed by atoms with Crippen LogP contribution in [0.25, 0.3) is 23.1 Å². The van der Waals surface area contributed by atoms with Gasteiger partial charge in [-0.3, -0.25) is 14.0 Å². The summed E-state index contributed by atoms with van der Waals surface area (Å²) in [5, 5.41) is 8.16. The van der Waals surface area contributed by atoms with E-state index in [4.69, 9.17) is 4.52 Å². The van der Waals surface area contributed by atoms with Crippen molar-refractivity contribution in [2.24, 2.45) is 0 Å². The molecule has 236 valence electrons. The highest BCUT2D eigenvalue weighted by Gasteiger charge is 2.44. The Bertz CT molecular complexity index is 1650. The monoisotopic (exact) mass is 650 g/mol. The molecule has 4 aromatic rings. The second-order valence-electron chi connectivity index (χ2n) is 9.43. The molecule has 0 aliphatic carbocycles. The molecule has 5 rings (SSSR count). The topological polar surface area (TPSA) is 153 Å². The maximum absolute atomic E-state index is 12.9. The minimum Gasteiger partial charge on any atom is -0.406 e. The number of halogens is 6. The van der Waals surface area contributed by atoms with Crippen molar-refractivity contribution in [2.45, 2.75) is 26.0 Å². The van der Waals surface area contributed by atoms with Gasteiger partial charge in [0.2, 0.25) is 11.6 Å². The number of benzene rings is 1. The molecule has 1 saturated heterocycles. The molecule has 1 aliphatic heterocycles. The standard InChI is InChI=1S/C24H21F6N7O6S/c1-14-31-20(21-32-19(34-42-21)16-2-4-17(5-3-16)41-24(28,29)30)33-36(14)13-15-6-7-37(43-22(38)23(25,26)27)18(12-15)35-8-10-44(39,40)11-9-35/h2-7,12H,8-11,13H2,1H3,(H-,39,40)/p+1. The van der Waals surface area contributed by atoms with Gasteiger partial charge in [-0.2, -0.15) is 28.7 Å². The zero-order valence-electron chi connectivity index (χ0n) is 22.4. The number of carbonyl (C=O) groups is 1. The van der Waals surface area contributed by atoms with E-state index in [1.165, 1.54) is 28.9 Å². The van der Waals surface area contributed by atoms with Crippen LogP contribution in [-0.2, 0) is 11.3 Å². The summed E-state index contributed by atoms with van der Waals surface area (Å²) in [5.41, 5.74) is 0.851. The Morgan fingerprint density at radius 2 is 1.73 bits per heavy atom. The van der Waals surface area contributed by atoms with Crippen LogP contribution in [0.3, 0.4) is 0 Å². The van der Waals surface area contributed by atoms with Crippen molar-refractivity contribution in [3.63, 3.8) is 0 Å². The van der Waals surface area contributed by atoms with Crippen LogP contribution in [0.4, 0.5) is 32.2 Å². The van der Waals surface area contributed by atoms with Crippen LogP contribution in [0.15, 0.2) is 47.1 Å². The van der Waals surface area contributed by atoms with Gasteiger partial charge in [-0.05, 0) is 47.5 Å². The Kier molecular flexibility index (Phi) is 8.16. The van der Waals surface area contributed by atoms with Gasteiger partial charge < -0.3 is 9.26 Å². The second-order valence-corrected chi connectivity index (χ2v) is 11.8. The lowest BCUT2D eigenvalue weighted by molar-refractivity contribution is -0.860. The van der Waals surface area contributed by atoms with Gasteiger partial charge in [0.1, 0.15) is 30.9 Å². The Morgan fingerprint density at radius 3 is 2.36 bits per heavy atom. The van der Waals surface area contributed by atoms with E-state index in [1.807, 2.05) is 0 Å². The van der Waals surface area contributed by atoms with E-state index in [0.29, 0.717) is 21.7 Å². The molecule has 13 nitrogen and oxygen atoms in total. The van der Waals surface area contributed by atoms with Crippen LogP contribution in [0.2, 0.25) is 0 Å². The SMILES string of the molecule is Cc1nc(-c2nc(-c3ccc(OC(F)(F)F)cc3)no2)nn1Cc1cc[n+](OC(=O)C(F)(F)F)c(N2CCS(O)(O)CC2)c1. The van der Waals surface area contributed by atoms with E-state index in [2.05, 4.69) is 29.8 Å². The van der Waals surface area contributed by atoms with Crippen LogP contribution < -0.4 is 19.2 Å². The first-order chi connectivity index (χ1) is 20.6. The van der Waals surface area contributed by atoms with Gasteiger partial charge in [0, 0.05) is 11.6 Å². The molecule has 4 heterocycles. The third kappa shape index (κ3) is 7.37. The van der Waals surface area contributed by atoms with Gasteiger partial charge in [0.15, 0.2) is 0 Å². The molecule has 0 spiro atoms. The van der Waals surface area contributed by atoms with Gasteiger partial charge in [0.05, 0.1) is 18.1 Å². The molecule has 20 heteroatoms. The quantitative estimate of drug-likeness (QED) is 0.223. The number of anilines is 1. The first-order valence-electron chi connectivity index (χ1n) is 12.5. The number of rotatable bonds is 7. The molecule has 0 atom stereocenters. The number of nitrogens with zero attached hydrogens (tertiary/aromatic N) is 7. The summed E-state index contributed by atoms with van der Waals surface area (Å²) in [7, 11) is -2.82. The number of ether oxygens (including phenoxy) is 1. The van der Waals surface area contributed by atoms with Gasteiger partial charge >= 0.3 is 24.3 Å². The smallest absolute Gasteiger partial charge is 0.406 e. The number of pyridine rings is 1. The molecule has 3 aromatic heterocycles. The number of carbonyl (C=O) groups excluding carboxylic acids is 1. The fourth-order valence-electron chi connectivity index (χ4n) is 4.09. The first kappa shape index (κ1) is 31.0. The molecule has 1 aromatic carbocycles. The van der Waals surface area contributed by atoms with Gasteiger partial charge in [-0.25, -0.2) is 19.3 Å². The minimum absolute atomic E-state index is 0.0202. The lowest BCUT2D eigenvalue weighted by atomic mass is 10.2. The lowest BCUT2D eigenvalue weighted by Crippen LogP contribution is -2.55. The molecular weight excluding hydrogens is 628 g/mol. The molecule has 1 aliphatic rings. The second kappa shape index (κ2) is 11.6. The van der Waals surface area contributed by atoms with Crippen molar-refractivity contribution in [3.8, 4) is 28.9 Å². The normalized spacial score (nSPS) is 16.1. The van der Waals surface area contributed by atoms with Crippen molar-refractivity contribution in [2.75, 3.05) is 29.5 Å². The van der Waals surface area contributed by atoms with Crippen molar-refractivity contribution in [3.05, 3.63) is 54.0 Å². The Morgan fingerprint density at radius 1 is 1.05 bits per heavy atom. The average molecular weight is 651 g/mol. The summed E-state index contributed by atoms with van der Waals surface area (Å²) in [4.78, 5) is 26.1. The Labute approximate surface area is 244 Å². The number of aromatic nitrogens is 6. The maximum atomic E-state index is 12.9. The van der Waals surface area contributed by atoms with Crippen molar-refractivity contribution < 1.29 is 59.1 Å². The fraction of sp³-hybridized carbons (Fsp3) is 0.333. The highest BCUT2D eigenvalue weighted by molar-refractivity contribution is 8.24. The molecule has 1 fully saturated rings. The number of hydrogen-bond donors (Lipinski definition) is 2. The van der Waals surface area contributed by atoms with Gasteiger partial charge in [0.25, 0.3) is 5.89 Å². The van der Waals surface area contributed by atoms with Crippen LogP contribution >= 0.6 is 10.6 Å². The highest BCUT2D eigenvalue weighted by atomic mass is 32.3. The molecule has 0 radical (unpaired) electrons. The third-order valence-electron chi connectivity index (χ3n) is 6.23. The number of alkyl halides is 6. The summed E-state index contributed by atoms with van der Waals surface area (Å²) in [5.74, 6) is -2.44. The van der Waals surface area contributed by atoms with E-state index >= 15 is 0 Å². The summed E-state index contributed by atoms with van der Waals surface area (Å²) >= 11 is 0. The molecule has 2 N–H and O–H groups in total. The van der Waals surface area contributed by atoms with Crippen LogP contribution in [0, 0.1) is 6.92 Å². The van der Waals surface area contributed by atoms with Gasteiger partial charge in [-0.1, -0.05) is 5.16 Å². The Balaban J connectivity index is 1.36. The predicted octanol–water partition coefficient (Wildman–Crippen LogP) is 3.63. The maximum Gasteiger partial charge on any atom is 0.573 e. The molecule has 0 amide bonds. The largest absolute Gasteiger partial charge is 0.573 e. The average Bonchev–Trinajstić information content (AvgIpc) is 3.56. The molecule has 0 unspecified atom stereocenters. The van der Waals surface area contributed by atoms with E-state index < -0.39 is 34.8 Å². The van der Waals surface area contributed by atoms with E-state index in [9.17, 15) is 40.2 Å². The van der Waals surface area contributed by atoms with Crippen LogP contribution in [-0.4, -0.2) is 77.1 Å². The van der Waals surface area contributed by atoms with E-state index in [0.717, 1.165) is 18.3 Å². The van der Waals surface area contributed by atoms with Crippen LogP contribution in [0.1, 0.15) is 11.4 Å². The molecule has 0 bridgehead atoms. The van der Waals surface area contributed by atoms with Crippen molar-refractivity contribution in [1.29, 1.82) is 0 Å².